The number of hydrogen-bond acceptors (Lipinski definition) is 1. The van der Waals surface area contributed by atoms with Gasteiger partial charge in [-0.1, -0.05) is 48.5 Å². The van der Waals surface area contributed by atoms with Crippen LogP contribution in [0.25, 0.3) is 11.1 Å². The van der Waals surface area contributed by atoms with Crippen LogP contribution in [0.1, 0.15) is 11.1 Å². The van der Waals surface area contributed by atoms with E-state index in [-0.39, 0.29) is 0 Å². The third kappa shape index (κ3) is 3.34. The van der Waals surface area contributed by atoms with Gasteiger partial charge < -0.3 is 4.90 Å². The van der Waals surface area contributed by atoms with Crippen molar-refractivity contribution in [2.24, 2.45) is 0 Å². The molecule has 0 spiro atoms. The van der Waals surface area contributed by atoms with Gasteiger partial charge in [-0.05, 0) is 36.3 Å². The third-order valence-corrected chi connectivity index (χ3v) is 3.20. The number of halogens is 1. The van der Waals surface area contributed by atoms with E-state index in [1.54, 1.807) is 0 Å². The molecule has 0 saturated carbocycles. The summed E-state index contributed by atoms with van der Waals surface area (Å²) in [5.74, 6) is 0.571. The van der Waals surface area contributed by atoms with Gasteiger partial charge in [-0.3, -0.25) is 0 Å². The van der Waals surface area contributed by atoms with Gasteiger partial charge in [-0.25, -0.2) is 0 Å². The molecule has 0 aliphatic heterocycles. The fourth-order valence-electron chi connectivity index (χ4n) is 1.95. The number of hydrogen-bond donors (Lipinski definition) is 0. The Labute approximate surface area is 114 Å². The second kappa shape index (κ2) is 6.03. The number of alkyl halides is 1. The number of benzene rings is 2. The molecule has 0 aliphatic rings. The van der Waals surface area contributed by atoms with Gasteiger partial charge in [0, 0.05) is 12.4 Å². The van der Waals surface area contributed by atoms with E-state index in [9.17, 15) is 0 Å². The summed E-state index contributed by atoms with van der Waals surface area (Å²) >= 11 is 5.79. The van der Waals surface area contributed by atoms with E-state index < -0.39 is 0 Å². The molecule has 2 aromatic carbocycles. The lowest BCUT2D eigenvalue weighted by molar-refractivity contribution is 0.402. The highest BCUT2D eigenvalue weighted by atomic mass is 35.5. The average molecular weight is 260 g/mol. The van der Waals surface area contributed by atoms with Crippen LogP contribution in [0.15, 0.2) is 48.5 Å². The lowest BCUT2D eigenvalue weighted by Gasteiger charge is -2.10. The molecule has 94 valence electrons. The van der Waals surface area contributed by atoms with Crippen LogP contribution in [-0.4, -0.2) is 19.0 Å². The van der Waals surface area contributed by atoms with Crippen molar-refractivity contribution in [3.8, 4) is 11.1 Å². The van der Waals surface area contributed by atoms with Crippen molar-refractivity contribution in [3.63, 3.8) is 0 Å². The fraction of sp³-hybridized carbons (Fsp3) is 0.250. The SMILES string of the molecule is CN(C)Cc1ccc(-c2ccc(CCl)cc2)cc1. The zero-order valence-corrected chi connectivity index (χ0v) is 11.6. The van der Waals surface area contributed by atoms with Gasteiger partial charge in [0.1, 0.15) is 0 Å². The predicted octanol–water partition coefficient (Wildman–Crippen LogP) is 4.15. The second-order valence-corrected chi connectivity index (χ2v) is 5.03. The first kappa shape index (κ1) is 13.1. The van der Waals surface area contributed by atoms with Gasteiger partial charge in [-0.15, -0.1) is 11.6 Å². The van der Waals surface area contributed by atoms with Gasteiger partial charge in [0.15, 0.2) is 0 Å². The van der Waals surface area contributed by atoms with E-state index in [4.69, 9.17) is 11.6 Å². The molecule has 0 saturated heterocycles. The van der Waals surface area contributed by atoms with Crippen LogP contribution in [0, 0.1) is 0 Å². The molecule has 0 radical (unpaired) electrons. The van der Waals surface area contributed by atoms with Crippen LogP contribution >= 0.6 is 11.6 Å². The maximum atomic E-state index is 5.79. The van der Waals surface area contributed by atoms with E-state index in [1.165, 1.54) is 16.7 Å². The van der Waals surface area contributed by atoms with Gasteiger partial charge in [0.05, 0.1) is 0 Å². The molecule has 2 rings (SSSR count). The van der Waals surface area contributed by atoms with Crippen molar-refractivity contribution in [3.05, 3.63) is 59.7 Å². The Balaban J connectivity index is 2.17. The Hall–Kier alpha value is -1.31. The topological polar surface area (TPSA) is 3.24 Å². The van der Waals surface area contributed by atoms with E-state index in [1.807, 2.05) is 0 Å². The summed E-state index contributed by atoms with van der Waals surface area (Å²) in [6.07, 6.45) is 0. The standard InChI is InChI=1S/C16H18ClN/c1-18(2)12-14-5-9-16(10-6-14)15-7-3-13(11-17)4-8-15/h3-10H,11-12H2,1-2H3. The number of nitrogens with zero attached hydrogens (tertiary/aromatic N) is 1. The summed E-state index contributed by atoms with van der Waals surface area (Å²) in [4.78, 5) is 2.17. The quantitative estimate of drug-likeness (QED) is 0.746. The van der Waals surface area contributed by atoms with Crippen LogP contribution in [0.4, 0.5) is 0 Å². The van der Waals surface area contributed by atoms with E-state index in [2.05, 4.69) is 67.5 Å². The lowest BCUT2D eigenvalue weighted by Crippen LogP contribution is -2.10. The molecule has 0 atom stereocenters. The van der Waals surface area contributed by atoms with Crippen molar-refractivity contribution in [2.45, 2.75) is 12.4 Å². The molecule has 2 heteroatoms. The first-order valence-electron chi connectivity index (χ1n) is 6.08. The summed E-state index contributed by atoms with van der Waals surface area (Å²) in [5.41, 5.74) is 4.98. The maximum absolute atomic E-state index is 5.79. The molecular weight excluding hydrogens is 242 g/mol. The molecule has 18 heavy (non-hydrogen) atoms. The van der Waals surface area contributed by atoms with Crippen molar-refractivity contribution in [1.29, 1.82) is 0 Å². The third-order valence-electron chi connectivity index (χ3n) is 2.89. The van der Waals surface area contributed by atoms with Crippen LogP contribution in [0.2, 0.25) is 0 Å². The molecule has 0 bridgehead atoms. The van der Waals surface area contributed by atoms with Gasteiger partial charge in [-0.2, -0.15) is 0 Å². The summed E-state index contributed by atoms with van der Waals surface area (Å²) in [5, 5.41) is 0. The Kier molecular flexibility index (Phi) is 4.40. The minimum Gasteiger partial charge on any atom is -0.305 e. The van der Waals surface area contributed by atoms with Gasteiger partial charge in [0.25, 0.3) is 0 Å². The summed E-state index contributed by atoms with van der Waals surface area (Å²) < 4.78 is 0. The van der Waals surface area contributed by atoms with Crippen molar-refractivity contribution in [2.75, 3.05) is 14.1 Å². The Bertz CT molecular complexity index is 486. The normalized spacial score (nSPS) is 10.9. The Morgan fingerprint density at radius 2 is 1.22 bits per heavy atom. The minimum absolute atomic E-state index is 0.571. The van der Waals surface area contributed by atoms with Crippen molar-refractivity contribution >= 4 is 11.6 Å². The largest absolute Gasteiger partial charge is 0.305 e. The second-order valence-electron chi connectivity index (χ2n) is 4.77. The predicted molar refractivity (Wildman–Crippen MR) is 78.8 cm³/mol. The molecule has 0 heterocycles. The summed E-state index contributed by atoms with van der Waals surface area (Å²) in [6, 6.07) is 17.1. The molecule has 0 N–H and O–H groups in total. The van der Waals surface area contributed by atoms with E-state index in [0.29, 0.717) is 5.88 Å². The smallest absolute Gasteiger partial charge is 0.0474 e. The monoisotopic (exact) mass is 259 g/mol. The van der Waals surface area contributed by atoms with Gasteiger partial charge >= 0.3 is 0 Å². The van der Waals surface area contributed by atoms with Crippen LogP contribution < -0.4 is 0 Å². The average Bonchev–Trinajstić information content (AvgIpc) is 2.39. The van der Waals surface area contributed by atoms with E-state index in [0.717, 1.165) is 12.1 Å². The van der Waals surface area contributed by atoms with Crippen LogP contribution in [-0.2, 0) is 12.4 Å². The highest BCUT2D eigenvalue weighted by molar-refractivity contribution is 6.17. The van der Waals surface area contributed by atoms with Crippen molar-refractivity contribution < 1.29 is 0 Å². The molecule has 0 fully saturated rings. The molecular formula is C16H18ClN. The zero-order valence-electron chi connectivity index (χ0n) is 10.9. The van der Waals surface area contributed by atoms with E-state index >= 15 is 0 Å². The van der Waals surface area contributed by atoms with Crippen LogP contribution in [0.3, 0.4) is 0 Å². The highest BCUT2D eigenvalue weighted by Gasteiger charge is 1.99. The first-order chi connectivity index (χ1) is 8.69. The molecule has 0 aliphatic carbocycles. The Morgan fingerprint density at radius 1 is 0.778 bits per heavy atom. The van der Waals surface area contributed by atoms with Crippen molar-refractivity contribution in [1.82, 2.24) is 4.90 Å². The number of rotatable bonds is 4. The minimum atomic E-state index is 0.571. The molecule has 0 amide bonds. The Morgan fingerprint density at radius 3 is 1.61 bits per heavy atom. The summed E-state index contributed by atoms with van der Waals surface area (Å²) in [7, 11) is 4.16. The zero-order chi connectivity index (χ0) is 13.0. The highest BCUT2D eigenvalue weighted by Crippen LogP contribution is 2.21. The molecule has 0 unspecified atom stereocenters. The van der Waals surface area contributed by atoms with Gasteiger partial charge in [0.2, 0.25) is 0 Å². The summed E-state index contributed by atoms with van der Waals surface area (Å²) in [6.45, 7) is 0.978. The first-order valence-corrected chi connectivity index (χ1v) is 6.61. The maximum Gasteiger partial charge on any atom is 0.0474 e. The molecule has 2 aromatic rings. The van der Waals surface area contributed by atoms with Crippen LogP contribution in [0.5, 0.6) is 0 Å². The molecule has 1 nitrogen and oxygen atoms in total. The fourth-order valence-corrected chi connectivity index (χ4v) is 2.13. The molecule has 0 aromatic heterocycles. The lowest BCUT2D eigenvalue weighted by atomic mass is 10.0.